The van der Waals surface area contributed by atoms with Crippen molar-refractivity contribution >= 4 is 5.91 Å². The van der Waals surface area contributed by atoms with Crippen LogP contribution in [-0.2, 0) is 22.7 Å². The minimum absolute atomic E-state index is 0.0548. The number of likely N-dealkylation sites (tertiary alicyclic amines) is 1. The van der Waals surface area contributed by atoms with Gasteiger partial charge in [-0.2, -0.15) is 0 Å². The fourth-order valence-electron chi connectivity index (χ4n) is 6.21. The molecule has 2 bridgehead atoms. The van der Waals surface area contributed by atoms with Gasteiger partial charge < -0.3 is 18.9 Å². The van der Waals surface area contributed by atoms with Crippen molar-refractivity contribution in [2.24, 2.45) is 5.92 Å². The van der Waals surface area contributed by atoms with Crippen LogP contribution >= 0.6 is 0 Å². The van der Waals surface area contributed by atoms with Gasteiger partial charge in [-0.25, -0.2) is 0 Å². The van der Waals surface area contributed by atoms with Crippen molar-refractivity contribution in [3.05, 3.63) is 70.5 Å². The lowest BCUT2D eigenvalue weighted by molar-refractivity contribution is -0.141. The fraction of sp³-hybridized carbons (Fsp3) is 0.484. The van der Waals surface area contributed by atoms with E-state index in [0.717, 1.165) is 54.0 Å². The van der Waals surface area contributed by atoms with Gasteiger partial charge >= 0.3 is 0 Å². The second-order valence-electron chi connectivity index (χ2n) is 11.2. The van der Waals surface area contributed by atoms with E-state index in [4.69, 9.17) is 14.0 Å². The first-order valence-electron chi connectivity index (χ1n) is 13.6. The number of carbonyl (C=O) groups is 1. The van der Waals surface area contributed by atoms with Gasteiger partial charge in [-0.05, 0) is 67.3 Å². The highest BCUT2D eigenvalue weighted by atomic mass is 16.5. The maximum absolute atomic E-state index is 13.3. The van der Waals surface area contributed by atoms with Gasteiger partial charge in [0.2, 0.25) is 5.91 Å². The molecule has 3 fully saturated rings. The van der Waals surface area contributed by atoms with Crippen LogP contribution in [0.15, 0.2) is 47.0 Å². The van der Waals surface area contributed by atoms with Gasteiger partial charge in [-0.3, -0.25) is 4.79 Å². The van der Waals surface area contributed by atoms with Gasteiger partial charge in [0.05, 0.1) is 25.7 Å². The van der Waals surface area contributed by atoms with Crippen LogP contribution in [0.1, 0.15) is 79.4 Å². The molecule has 0 spiro atoms. The molecule has 6 nitrogen and oxygen atoms in total. The number of hydrogen-bond donors (Lipinski definition) is 0. The molecular formula is C31H36N2O4. The maximum atomic E-state index is 13.3. The summed E-state index contributed by atoms with van der Waals surface area (Å²) in [6, 6.07) is 14.7. The van der Waals surface area contributed by atoms with Gasteiger partial charge in [-0.15, -0.1) is 0 Å². The number of ether oxygens (including phenoxy) is 2. The van der Waals surface area contributed by atoms with Crippen LogP contribution in [0.2, 0.25) is 0 Å². The predicted octanol–water partition coefficient (Wildman–Crippen LogP) is 6.37. The first kappa shape index (κ1) is 24.2. The highest BCUT2D eigenvalue weighted by molar-refractivity contribution is 5.83. The number of fused-ring (bicyclic) bond motifs is 2. The maximum Gasteiger partial charge on any atom is 0.228 e. The van der Waals surface area contributed by atoms with Crippen LogP contribution in [0.3, 0.4) is 0 Å². The Morgan fingerprint density at radius 1 is 1.11 bits per heavy atom. The molecule has 3 aromatic rings. The molecule has 1 aliphatic heterocycles. The Hall–Kier alpha value is -3.12. The average molecular weight is 501 g/mol. The standard InChI is InChI=1S/C31H36N2O4/c1-18(2)24-7-5-6-19(3)28(24)29-26(30(37-32-29)21-10-11-21)17-36-27-15-22-14-25(27)31(34)33(22)16-20-8-12-23(35-4)13-9-20/h5-9,12-13,18,21-22,25,27H,10-11,14-17H2,1-4H3/t22-,25+,27+/m0/s1. The lowest BCUT2D eigenvalue weighted by Gasteiger charge is -2.31. The Labute approximate surface area is 218 Å². The molecule has 0 unspecified atom stereocenters. The molecule has 6 rings (SSSR count). The summed E-state index contributed by atoms with van der Waals surface area (Å²) in [4.78, 5) is 15.3. The van der Waals surface area contributed by atoms with E-state index in [9.17, 15) is 4.79 Å². The van der Waals surface area contributed by atoms with E-state index in [1.54, 1.807) is 7.11 Å². The molecule has 0 N–H and O–H groups in total. The summed E-state index contributed by atoms with van der Waals surface area (Å²) in [6.45, 7) is 7.66. The Balaban J connectivity index is 1.19. The summed E-state index contributed by atoms with van der Waals surface area (Å²) in [6.07, 6.45) is 3.98. The second-order valence-corrected chi connectivity index (χ2v) is 11.2. The first-order chi connectivity index (χ1) is 17.9. The van der Waals surface area contributed by atoms with Gasteiger partial charge in [0, 0.05) is 29.6 Å². The van der Waals surface area contributed by atoms with Crippen molar-refractivity contribution in [2.45, 2.75) is 83.6 Å². The molecule has 2 aromatic carbocycles. The Bertz CT molecular complexity index is 1290. The van der Waals surface area contributed by atoms with E-state index in [1.165, 1.54) is 16.7 Å². The monoisotopic (exact) mass is 500 g/mol. The molecule has 6 heteroatoms. The minimum Gasteiger partial charge on any atom is -0.497 e. The number of benzene rings is 2. The molecule has 1 amide bonds. The van der Waals surface area contributed by atoms with E-state index in [1.807, 2.05) is 29.2 Å². The molecule has 1 aromatic heterocycles. The van der Waals surface area contributed by atoms with Gasteiger partial charge in [-0.1, -0.05) is 49.3 Å². The number of rotatable bonds is 9. The molecule has 3 atom stereocenters. The zero-order chi connectivity index (χ0) is 25.7. The first-order valence-corrected chi connectivity index (χ1v) is 13.6. The van der Waals surface area contributed by atoms with Crippen LogP contribution in [0.25, 0.3) is 11.3 Å². The van der Waals surface area contributed by atoms with Crippen LogP contribution < -0.4 is 4.74 Å². The third-order valence-corrected chi connectivity index (χ3v) is 8.40. The summed E-state index contributed by atoms with van der Waals surface area (Å²) in [5.41, 5.74) is 6.76. The predicted molar refractivity (Wildman–Crippen MR) is 141 cm³/mol. The lowest BCUT2D eigenvalue weighted by atomic mass is 9.90. The molecule has 2 aliphatic carbocycles. The van der Waals surface area contributed by atoms with E-state index >= 15 is 0 Å². The number of nitrogens with zero attached hydrogens (tertiary/aromatic N) is 2. The molecular weight excluding hydrogens is 464 g/mol. The third kappa shape index (κ3) is 4.46. The number of aryl methyl sites for hydroxylation is 1. The molecule has 2 saturated carbocycles. The summed E-state index contributed by atoms with van der Waals surface area (Å²) in [5, 5.41) is 4.59. The topological polar surface area (TPSA) is 64.8 Å². The third-order valence-electron chi connectivity index (χ3n) is 8.40. The molecule has 2 heterocycles. The molecule has 0 radical (unpaired) electrons. The number of amides is 1. The van der Waals surface area contributed by atoms with E-state index in [0.29, 0.717) is 25.0 Å². The number of hydrogen-bond acceptors (Lipinski definition) is 5. The Morgan fingerprint density at radius 2 is 1.89 bits per heavy atom. The number of methoxy groups -OCH3 is 1. The average Bonchev–Trinajstić information content (AvgIpc) is 3.41. The zero-order valence-electron chi connectivity index (χ0n) is 22.2. The van der Waals surface area contributed by atoms with Crippen molar-refractivity contribution in [2.75, 3.05) is 7.11 Å². The highest BCUT2D eigenvalue weighted by Crippen LogP contribution is 2.47. The number of carbonyl (C=O) groups excluding carboxylic acids is 1. The second kappa shape index (κ2) is 9.64. The van der Waals surface area contributed by atoms with Crippen molar-refractivity contribution in [3.8, 4) is 17.0 Å². The zero-order valence-corrected chi connectivity index (χ0v) is 22.2. The van der Waals surface area contributed by atoms with Crippen molar-refractivity contribution < 1.29 is 18.8 Å². The quantitative estimate of drug-likeness (QED) is 0.342. The summed E-state index contributed by atoms with van der Waals surface area (Å²) in [7, 11) is 1.67. The summed E-state index contributed by atoms with van der Waals surface area (Å²) >= 11 is 0. The van der Waals surface area contributed by atoms with Crippen molar-refractivity contribution in [1.82, 2.24) is 10.1 Å². The molecule has 37 heavy (non-hydrogen) atoms. The SMILES string of the molecule is COc1ccc(CN2C(=O)[C@@H]3C[C@H]2C[C@H]3OCc2c(-c3c(C)cccc3C(C)C)noc2C2CC2)cc1. The number of aromatic nitrogens is 1. The Morgan fingerprint density at radius 3 is 2.57 bits per heavy atom. The van der Waals surface area contributed by atoms with Crippen LogP contribution in [0.5, 0.6) is 5.75 Å². The highest BCUT2D eigenvalue weighted by Gasteiger charge is 2.51. The minimum atomic E-state index is -0.0689. The van der Waals surface area contributed by atoms with E-state index in [2.05, 4.69) is 44.1 Å². The largest absolute Gasteiger partial charge is 0.497 e. The fourth-order valence-corrected chi connectivity index (χ4v) is 6.21. The molecule has 3 aliphatic rings. The lowest BCUT2D eigenvalue weighted by Crippen LogP contribution is -2.42. The van der Waals surface area contributed by atoms with Gasteiger partial charge in [0.25, 0.3) is 0 Å². The van der Waals surface area contributed by atoms with Crippen molar-refractivity contribution in [1.29, 1.82) is 0 Å². The summed E-state index contributed by atoms with van der Waals surface area (Å²) < 4.78 is 17.7. The summed E-state index contributed by atoms with van der Waals surface area (Å²) in [5.74, 6) is 2.77. The molecule has 1 saturated heterocycles. The van der Waals surface area contributed by atoms with Gasteiger partial charge in [0.1, 0.15) is 17.2 Å². The normalized spacial score (nSPS) is 22.9. The van der Waals surface area contributed by atoms with E-state index < -0.39 is 0 Å². The van der Waals surface area contributed by atoms with Gasteiger partial charge in [0.15, 0.2) is 0 Å². The smallest absolute Gasteiger partial charge is 0.228 e. The van der Waals surface area contributed by atoms with E-state index in [-0.39, 0.29) is 24.0 Å². The molecule has 194 valence electrons. The number of piperidine rings is 1. The van der Waals surface area contributed by atoms with Crippen LogP contribution in [0.4, 0.5) is 0 Å². The van der Waals surface area contributed by atoms with Crippen molar-refractivity contribution in [3.63, 3.8) is 0 Å². The van der Waals surface area contributed by atoms with Crippen LogP contribution in [-0.4, -0.2) is 35.2 Å². The Kier molecular flexibility index (Phi) is 6.31. The van der Waals surface area contributed by atoms with Crippen LogP contribution in [0, 0.1) is 12.8 Å².